The van der Waals surface area contributed by atoms with Crippen molar-refractivity contribution in [3.63, 3.8) is 0 Å². The van der Waals surface area contributed by atoms with E-state index in [0.29, 0.717) is 22.8 Å². The Morgan fingerprint density at radius 2 is 1.83 bits per heavy atom. The zero-order chi connectivity index (χ0) is 21.1. The Bertz CT molecular complexity index is 1010. The minimum atomic E-state index is -0.507. The van der Waals surface area contributed by atoms with Crippen molar-refractivity contribution in [3.8, 4) is 17.2 Å². The quantitative estimate of drug-likeness (QED) is 0.663. The van der Waals surface area contributed by atoms with Gasteiger partial charge in [-0.3, -0.25) is 4.98 Å². The molecule has 1 aliphatic heterocycles. The highest BCUT2D eigenvalue weighted by Gasteiger charge is 2.28. The maximum atomic E-state index is 10.7. The summed E-state index contributed by atoms with van der Waals surface area (Å²) in [5.41, 5.74) is 1.54. The van der Waals surface area contributed by atoms with Gasteiger partial charge in [0.25, 0.3) is 0 Å². The second-order valence-corrected chi connectivity index (χ2v) is 7.29. The van der Waals surface area contributed by atoms with E-state index in [-0.39, 0.29) is 5.92 Å². The summed E-state index contributed by atoms with van der Waals surface area (Å²) in [6.45, 7) is 1.57. The van der Waals surface area contributed by atoms with E-state index >= 15 is 0 Å². The van der Waals surface area contributed by atoms with E-state index in [0.717, 1.165) is 42.7 Å². The van der Waals surface area contributed by atoms with E-state index in [1.165, 1.54) is 0 Å². The Kier molecular flexibility index (Phi) is 5.85. The van der Waals surface area contributed by atoms with E-state index in [4.69, 9.17) is 14.2 Å². The van der Waals surface area contributed by atoms with Crippen molar-refractivity contribution in [1.82, 2.24) is 15.0 Å². The Hall–Kier alpha value is -3.13. The lowest BCUT2D eigenvalue weighted by molar-refractivity contribution is 0.0926. The number of benzene rings is 1. The largest absolute Gasteiger partial charge is 0.493 e. The maximum Gasteiger partial charge on any atom is 0.205 e. The zero-order valence-corrected chi connectivity index (χ0v) is 17.4. The molecular formula is C22H26N4O4. The second-order valence-electron chi connectivity index (χ2n) is 7.29. The third kappa shape index (κ3) is 3.59. The highest BCUT2D eigenvalue weighted by Crippen LogP contribution is 2.44. The molecule has 1 aliphatic rings. The number of hydrogen-bond acceptors (Lipinski definition) is 8. The fraction of sp³-hybridized carbons (Fsp3) is 0.409. The van der Waals surface area contributed by atoms with Crippen molar-refractivity contribution in [2.75, 3.05) is 39.3 Å². The van der Waals surface area contributed by atoms with Crippen LogP contribution in [0.4, 0.5) is 5.82 Å². The molecule has 3 heterocycles. The van der Waals surface area contributed by atoms with Gasteiger partial charge in [-0.15, -0.1) is 0 Å². The third-order valence-electron chi connectivity index (χ3n) is 5.72. The first kappa shape index (κ1) is 20.2. The number of aromatic nitrogens is 3. The van der Waals surface area contributed by atoms with Gasteiger partial charge in [-0.2, -0.15) is 0 Å². The molecule has 0 spiro atoms. The summed E-state index contributed by atoms with van der Waals surface area (Å²) in [5, 5.41) is 11.6. The summed E-state index contributed by atoms with van der Waals surface area (Å²) in [5.74, 6) is 2.61. The topological polar surface area (TPSA) is 89.8 Å². The first-order valence-electron chi connectivity index (χ1n) is 9.94. The van der Waals surface area contributed by atoms with Gasteiger partial charge in [-0.05, 0) is 36.5 Å². The number of fused-ring (bicyclic) bond motifs is 1. The van der Waals surface area contributed by atoms with E-state index in [1.807, 2.05) is 18.2 Å². The molecule has 2 aromatic heterocycles. The molecule has 0 aliphatic carbocycles. The highest BCUT2D eigenvalue weighted by molar-refractivity contribution is 5.97. The lowest BCUT2D eigenvalue weighted by Crippen LogP contribution is -2.36. The number of rotatable bonds is 6. The van der Waals surface area contributed by atoms with Gasteiger partial charge in [0.2, 0.25) is 5.75 Å². The molecule has 1 N–H and O–H groups in total. The molecule has 1 unspecified atom stereocenters. The van der Waals surface area contributed by atoms with Crippen molar-refractivity contribution in [2.45, 2.75) is 18.9 Å². The van der Waals surface area contributed by atoms with Crippen molar-refractivity contribution < 1.29 is 19.3 Å². The number of piperidine rings is 1. The number of methoxy groups -OCH3 is 3. The van der Waals surface area contributed by atoms with E-state index < -0.39 is 6.10 Å². The molecule has 0 radical (unpaired) electrons. The molecule has 1 fully saturated rings. The predicted molar refractivity (Wildman–Crippen MR) is 113 cm³/mol. The zero-order valence-electron chi connectivity index (χ0n) is 17.4. The van der Waals surface area contributed by atoms with E-state index in [2.05, 4.69) is 19.9 Å². The molecule has 1 atom stereocenters. The van der Waals surface area contributed by atoms with Gasteiger partial charge in [-0.25, -0.2) is 9.97 Å². The van der Waals surface area contributed by atoms with Gasteiger partial charge >= 0.3 is 0 Å². The van der Waals surface area contributed by atoms with Gasteiger partial charge < -0.3 is 24.2 Å². The molecule has 30 heavy (non-hydrogen) atoms. The number of anilines is 1. The van der Waals surface area contributed by atoms with Crippen LogP contribution in [0.1, 0.15) is 24.5 Å². The molecule has 1 saturated heterocycles. The van der Waals surface area contributed by atoms with Crippen LogP contribution in [0.25, 0.3) is 10.9 Å². The molecule has 8 heteroatoms. The number of pyridine rings is 1. The van der Waals surface area contributed by atoms with Crippen LogP contribution in [-0.2, 0) is 0 Å². The second kappa shape index (κ2) is 8.71. The van der Waals surface area contributed by atoms with Gasteiger partial charge in [-0.1, -0.05) is 6.07 Å². The summed E-state index contributed by atoms with van der Waals surface area (Å²) < 4.78 is 16.6. The van der Waals surface area contributed by atoms with Crippen LogP contribution in [-0.4, -0.2) is 54.5 Å². The first-order chi connectivity index (χ1) is 14.7. The maximum absolute atomic E-state index is 10.7. The number of aliphatic hydroxyl groups is 1. The standard InChI is InChI=1S/C22H26N4O4/c1-28-17-11-16-18(21(30-3)20(17)29-2)24-13-25-22(16)26-9-6-14(7-10-26)19(27)15-5-4-8-23-12-15/h4-5,8,11-14,19,27H,6-7,9-10H2,1-3H3. The van der Waals surface area contributed by atoms with E-state index in [9.17, 15) is 5.11 Å². The lowest BCUT2D eigenvalue weighted by atomic mass is 9.88. The third-order valence-corrected chi connectivity index (χ3v) is 5.72. The van der Waals surface area contributed by atoms with Crippen LogP contribution in [0.5, 0.6) is 17.2 Å². The Morgan fingerprint density at radius 3 is 2.47 bits per heavy atom. The first-order valence-corrected chi connectivity index (χ1v) is 9.94. The van der Waals surface area contributed by atoms with Crippen molar-refractivity contribution in [3.05, 3.63) is 42.5 Å². The summed E-state index contributed by atoms with van der Waals surface area (Å²) in [6.07, 6.45) is 6.20. The molecule has 0 saturated carbocycles. The van der Waals surface area contributed by atoms with Gasteiger partial charge in [0, 0.05) is 25.5 Å². The van der Waals surface area contributed by atoms with Crippen LogP contribution in [0.3, 0.4) is 0 Å². The molecule has 4 rings (SSSR count). The predicted octanol–water partition coefficient (Wildman–Crippen LogP) is 3.00. The Balaban J connectivity index is 1.62. The van der Waals surface area contributed by atoms with Gasteiger partial charge in [0.15, 0.2) is 11.5 Å². The molecule has 1 aromatic carbocycles. The summed E-state index contributed by atoms with van der Waals surface area (Å²) in [4.78, 5) is 15.3. The number of aliphatic hydroxyl groups excluding tert-OH is 1. The smallest absolute Gasteiger partial charge is 0.205 e. The van der Waals surface area contributed by atoms with E-state index in [1.54, 1.807) is 40.1 Å². The monoisotopic (exact) mass is 410 g/mol. The van der Waals surface area contributed by atoms with Gasteiger partial charge in [0.05, 0.1) is 32.8 Å². The SMILES string of the molecule is COc1cc2c(N3CCC(C(O)c4cccnc4)CC3)ncnc2c(OC)c1OC. The molecular weight excluding hydrogens is 384 g/mol. The van der Waals surface area contributed by atoms with Crippen LogP contribution < -0.4 is 19.1 Å². The molecule has 0 amide bonds. The number of hydrogen-bond donors (Lipinski definition) is 1. The highest BCUT2D eigenvalue weighted by atomic mass is 16.5. The average Bonchev–Trinajstić information content (AvgIpc) is 2.82. The minimum absolute atomic E-state index is 0.183. The van der Waals surface area contributed by atoms with Crippen molar-refractivity contribution in [1.29, 1.82) is 0 Å². The van der Waals surface area contributed by atoms with Crippen LogP contribution in [0, 0.1) is 5.92 Å². The van der Waals surface area contributed by atoms with Gasteiger partial charge in [0.1, 0.15) is 17.7 Å². The summed E-state index contributed by atoms with van der Waals surface area (Å²) in [6, 6.07) is 5.67. The normalized spacial score (nSPS) is 15.8. The minimum Gasteiger partial charge on any atom is -0.493 e. The average molecular weight is 410 g/mol. The number of nitrogens with zero attached hydrogens (tertiary/aromatic N) is 4. The molecule has 0 bridgehead atoms. The van der Waals surface area contributed by atoms with Crippen molar-refractivity contribution >= 4 is 16.7 Å². The summed E-state index contributed by atoms with van der Waals surface area (Å²) >= 11 is 0. The number of ether oxygens (including phenoxy) is 3. The molecule has 158 valence electrons. The van der Waals surface area contributed by atoms with Crippen LogP contribution >= 0.6 is 0 Å². The van der Waals surface area contributed by atoms with Crippen LogP contribution in [0.2, 0.25) is 0 Å². The molecule has 3 aromatic rings. The van der Waals surface area contributed by atoms with Crippen LogP contribution in [0.15, 0.2) is 36.9 Å². The Labute approximate surface area is 175 Å². The molecule has 8 nitrogen and oxygen atoms in total. The Morgan fingerprint density at radius 1 is 1.07 bits per heavy atom. The fourth-order valence-electron chi connectivity index (χ4n) is 4.15. The summed E-state index contributed by atoms with van der Waals surface area (Å²) in [7, 11) is 4.76. The van der Waals surface area contributed by atoms with Crippen molar-refractivity contribution in [2.24, 2.45) is 5.92 Å². The lowest BCUT2D eigenvalue weighted by Gasteiger charge is -2.35. The fourth-order valence-corrected chi connectivity index (χ4v) is 4.15.